The van der Waals surface area contributed by atoms with Crippen LogP contribution >= 0.6 is 11.3 Å². The number of anilines is 2. The zero-order valence-electron chi connectivity index (χ0n) is 16.4. The van der Waals surface area contributed by atoms with Crippen molar-refractivity contribution in [3.8, 4) is 0 Å². The molecule has 1 atom stereocenters. The smallest absolute Gasteiger partial charge is 0.142 e. The van der Waals surface area contributed by atoms with E-state index >= 15 is 0 Å². The maximum Gasteiger partial charge on any atom is 0.142 e. The monoisotopic (exact) mass is 406 g/mol. The number of aromatic nitrogens is 4. The maximum atomic E-state index is 5.62. The molecule has 0 fully saturated rings. The predicted molar refractivity (Wildman–Crippen MR) is 120 cm³/mol. The molecule has 1 aliphatic rings. The Kier molecular flexibility index (Phi) is 5.16. The van der Waals surface area contributed by atoms with E-state index in [2.05, 4.69) is 37.6 Å². The number of aryl methyl sites for hydroxylation is 1. The highest BCUT2D eigenvalue weighted by molar-refractivity contribution is 7.19. The fourth-order valence-corrected chi connectivity index (χ4v) is 5.73. The molecular weight excluding hydrogens is 380 g/mol. The van der Waals surface area contributed by atoms with Gasteiger partial charge in [0.2, 0.25) is 0 Å². The van der Waals surface area contributed by atoms with Gasteiger partial charge in [0.25, 0.3) is 0 Å². The van der Waals surface area contributed by atoms with Gasteiger partial charge in [-0.05, 0) is 61.9 Å². The van der Waals surface area contributed by atoms with Crippen LogP contribution in [0.3, 0.4) is 0 Å². The molecule has 150 valence electrons. The maximum absolute atomic E-state index is 5.62. The number of hydrogen-bond acceptors (Lipinski definition) is 6. The van der Waals surface area contributed by atoms with Gasteiger partial charge in [0.15, 0.2) is 0 Å². The molecule has 7 heteroatoms. The zero-order valence-corrected chi connectivity index (χ0v) is 17.3. The summed E-state index contributed by atoms with van der Waals surface area (Å²) in [6.07, 6.45) is 12.1. The van der Waals surface area contributed by atoms with Crippen LogP contribution in [0.25, 0.3) is 21.1 Å². The van der Waals surface area contributed by atoms with Crippen LogP contribution in [0.2, 0.25) is 0 Å². The van der Waals surface area contributed by atoms with Crippen LogP contribution < -0.4 is 11.1 Å². The molecule has 1 aliphatic carbocycles. The van der Waals surface area contributed by atoms with Gasteiger partial charge in [0.1, 0.15) is 17.0 Å². The third-order valence-corrected chi connectivity index (χ3v) is 7.13. The van der Waals surface area contributed by atoms with Gasteiger partial charge in [-0.25, -0.2) is 9.97 Å². The van der Waals surface area contributed by atoms with Gasteiger partial charge < -0.3 is 11.1 Å². The highest BCUT2D eigenvalue weighted by Crippen LogP contribution is 2.41. The number of H-pyrrole nitrogens is 1. The van der Waals surface area contributed by atoms with E-state index in [1.54, 1.807) is 6.33 Å². The number of thiophene rings is 1. The van der Waals surface area contributed by atoms with Crippen molar-refractivity contribution in [3.63, 3.8) is 0 Å². The first kappa shape index (κ1) is 18.5. The van der Waals surface area contributed by atoms with Gasteiger partial charge in [0.05, 0.1) is 17.1 Å². The summed E-state index contributed by atoms with van der Waals surface area (Å²) in [6.45, 7) is 0.813. The van der Waals surface area contributed by atoms with Crippen LogP contribution in [0.4, 0.5) is 11.5 Å². The Labute approximate surface area is 173 Å². The van der Waals surface area contributed by atoms with Crippen molar-refractivity contribution in [1.82, 2.24) is 20.2 Å². The van der Waals surface area contributed by atoms with Crippen molar-refractivity contribution in [3.05, 3.63) is 41.2 Å². The first-order valence-corrected chi connectivity index (χ1v) is 11.3. The molecule has 6 nitrogen and oxygen atoms in total. The lowest BCUT2D eigenvalue weighted by atomic mass is 9.84. The Hall–Kier alpha value is -2.51. The topological polar surface area (TPSA) is 92.5 Å². The van der Waals surface area contributed by atoms with E-state index < -0.39 is 0 Å². The van der Waals surface area contributed by atoms with Crippen molar-refractivity contribution in [2.45, 2.75) is 44.9 Å². The average molecular weight is 407 g/mol. The van der Waals surface area contributed by atoms with E-state index in [9.17, 15) is 0 Å². The van der Waals surface area contributed by atoms with Crippen LogP contribution in [0.1, 0.15) is 42.5 Å². The molecule has 0 amide bonds. The Bertz CT molecular complexity index is 1130. The summed E-state index contributed by atoms with van der Waals surface area (Å²) < 4.78 is 0. The van der Waals surface area contributed by atoms with E-state index in [0.717, 1.165) is 52.5 Å². The predicted octanol–water partition coefficient (Wildman–Crippen LogP) is 4.94. The largest absolute Gasteiger partial charge is 0.340 e. The van der Waals surface area contributed by atoms with Gasteiger partial charge in [-0.3, -0.25) is 5.10 Å². The third-order valence-electron chi connectivity index (χ3n) is 5.97. The lowest BCUT2D eigenvalue weighted by Gasteiger charge is -2.22. The third kappa shape index (κ3) is 3.72. The number of fused-ring (bicyclic) bond motifs is 4. The lowest BCUT2D eigenvalue weighted by molar-refractivity contribution is 0.412. The number of nitrogens with one attached hydrogen (secondary N) is 2. The van der Waals surface area contributed by atoms with Crippen molar-refractivity contribution < 1.29 is 0 Å². The molecule has 3 heterocycles. The fourth-order valence-electron chi connectivity index (χ4n) is 4.43. The molecule has 5 rings (SSSR count). The summed E-state index contributed by atoms with van der Waals surface area (Å²) in [6, 6.07) is 6.20. The van der Waals surface area contributed by atoms with Crippen molar-refractivity contribution >= 4 is 44.0 Å². The molecule has 0 bridgehead atoms. The number of hydrogen-bond donors (Lipinski definition) is 3. The molecule has 0 aliphatic heterocycles. The number of rotatable bonds is 7. The summed E-state index contributed by atoms with van der Waals surface area (Å²) >= 11 is 1.85. The highest BCUT2D eigenvalue weighted by Gasteiger charge is 2.25. The Morgan fingerprint density at radius 1 is 1.21 bits per heavy atom. The molecular formula is C22H26N6S. The van der Waals surface area contributed by atoms with Crippen LogP contribution in [0.5, 0.6) is 0 Å². The molecule has 1 aromatic carbocycles. The first-order chi connectivity index (χ1) is 14.3. The zero-order chi connectivity index (χ0) is 19.6. The molecule has 0 radical (unpaired) electrons. The number of nitrogens with two attached hydrogens (primary N) is 1. The van der Waals surface area contributed by atoms with Crippen molar-refractivity contribution in [1.29, 1.82) is 0 Å². The Balaban J connectivity index is 1.39. The Morgan fingerprint density at radius 2 is 2.17 bits per heavy atom. The van der Waals surface area contributed by atoms with Crippen LogP contribution in [0.15, 0.2) is 30.7 Å². The first-order valence-electron chi connectivity index (χ1n) is 10.5. The summed E-state index contributed by atoms with van der Waals surface area (Å²) in [7, 11) is 0. The second-order valence-electron chi connectivity index (χ2n) is 7.95. The standard InChI is InChI=1S/C22H26N6S/c23-9-3-1-2-4-14-5-7-17-19(10-14)29-22-20(17)21(24-13-25-22)27-16-6-8-18-15(11-16)12-26-28-18/h6,8,11-14H,1-5,7,9-10,23H2,(H,26,28)(H,24,25,27). The van der Waals surface area contributed by atoms with E-state index in [-0.39, 0.29) is 0 Å². The molecule has 29 heavy (non-hydrogen) atoms. The molecule has 4 N–H and O–H groups in total. The lowest BCUT2D eigenvalue weighted by Crippen LogP contribution is -2.13. The van der Waals surface area contributed by atoms with Gasteiger partial charge in [0, 0.05) is 16.0 Å². The van der Waals surface area contributed by atoms with Crippen molar-refractivity contribution in [2.24, 2.45) is 11.7 Å². The van der Waals surface area contributed by atoms with Crippen LogP contribution in [-0.2, 0) is 12.8 Å². The SMILES string of the molecule is NCCCCCC1CCc2c(sc3ncnc(Nc4ccc5[nH]ncc5c4)c23)C1. The number of nitrogens with zero attached hydrogens (tertiary/aromatic N) is 3. The van der Waals surface area contributed by atoms with E-state index in [1.807, 2.05) is 23.6 Å². The van der Waals surface area contributed by atoms with Gasteiger partial charge in [-0.1, -0.05) is 19.3 Å². The number of unbranched alkanes of at least 4 members (excludes halogenated alkanes) is 2. The fraction of sp³-hybridized carbons (Fsp3) is 0.409. The van der Waals surface area contributed by atoms with Gasteiger partial charge in [-0.15, -0.1) is 11.3 Å². The minimum absolute atomic E-state index is 0.793. The van der Waals surface area contributed by atoms with Crippen molar-refractivity contribution in [2.75, 3.05) is 11.9 Å². The second-order valence-corrected chi connectivity index (χ2v) is 9.03. The minimum Gasteiger partial charge on any atom is -0.340 e. The minimum atomic E-state index is 0.793. The van der Waals surface area contributed by atoms with E-state index in [0.29, 0.717) is 0 Å². The summed E-state index contributed by atoms with van der Waals surface area (Å²) in [5.74, 6) is 1.71. The Morgan fingerprint density at radius 3 is 3.10 bits per heavy atom. The molecule has 4 aromatic rings. The van der Waals surface area contributed by atoms with Crippen LogP contribution in [-0.4, -0.2) is 26.7 Å². The molecule has 0 saturated carbocycles. The number of benzene rings is 1. The van der Waals surface area contributed by atoms with E-state index in [4.69, 9.17) is 5.73 Å². The summed E-state index contributed by atoms with van der Waals surface area (Å²) in [5, 5.41) is 12.9. The second kappa shape index (κ2) is 8.08. The van der Waals surface area contributed by atoms with E-state index in [1.165, 1.54) is 47.9 Å². The normalized spacial score (nSPS) is 16.4. The molecule has 0 spiro atoms. The molecule has 3 aromatic heterocycles. The number of aromatic amines is 1. The van der Waals surface area contributed by atoms with Gasteiger partial charge >= 0.3 is 0 Å². The average Bonchev–Trinajstić information content (AvgIpc) is 3.35. The van der Waals surface area contributed by atoms with Gasteiger partial charge in [-0.2, -0.15) is 5.10 Å². The summed E-state index contributed by atoms with van der Waals surface area (Å²) in [4.78, 5) is 11.8. The quantitative estimate of drug-likeness (QED) is 0.378. The molecule has 1 unspecified atom stereocenters. The highest BCUT2D eigenvalue weighted by atomic mass is 32.1. The summed E-state index contributed by atoms with van der Waals surface area (Å²) in [5.41, 5.74) is 9.13. The molecule has 0 saturated heterocycles. The van der Waals surface area contributed by atoms with Crippen LogP contribution in [0, 0.1) is 5.92 Å².